The fourth-order valence-electron chi connectivity index (χ4n) is 2.17. The standard InChI is InChI=1S/C11H15ClF3N5/c12-8-9(16)17-6-18-10(8)19-7-1-3-20(4-2-7)5-11(13,14)15/h6-7H,1-5H2,(H3,16,17,18,19). The predicted molar refractivity (Wildman–Crippen MR) is 70.6 cm³/mol. The summed E-state index contributed by atoms with van der Waals surface area (Å²) in [4.78, 5) is 9.13. The van der Waals surface area contributed by atoms with Gasteiger partial charge in [0.2, 0.25) is 0 Å². The van der Waals surface area contributed by atoms with E-state index in [1.807, 2.05) is 0 Å². The van der Waals surface area contributed by atoms with Crippen molar-refractivity contribution in [3.8, 4) is 0 Å². The van der Waals surface area contributed by atoms with E-state index in [-0.39, 0.29) is 16.9 Å². The summed E-state index contributed by atoms with van der Waals surface area (Å²) in [7, 11) is 0. The molecule has 0 bridgehead atoms. The molecule has 1 aromatic heterocycles. The van der Waals surface area contributed by atoms with E-state index in [2.05, 4.69) is 15.3 Å². The number of likely N-dealkylation sites (tertiary alicyclic amines) is 1. The Labute approximate surface area is 119 Å². The first-order valence-electron chi connectivity index (χ1n) is 6.17. The zero-order valence-corrected chi connectivity index (χ0v) is 11.4. The van der Waals surface area contributed by atoms with Crippen molar-refractivity contribution >= 4 is 23.2 Å². The Hall–Kier alpha value is -1.28. The quantitative estimate of drug-likeness (QED) is 0.895. The third-order valence-corrected chi connectivity index (χ3v) is 3.52. The molecule has 0 radical (unpaired) electrons. The van der Waals surface area contributed by atoms with Crippen molar-refractivity contribution < 1.29 is 13.2 Å². The SMILES string of the molecule is Nc1ncnc(NC2CCN(CC(F)(F)F)CC2)c1Cl. The lowest BCUT2D eigenvalue weighted by atomic mass is 10.1. The van der Waals surface area contributed by atoms with E-state index in [0.29, 0.717) is 31.7 Å². The summed E-state index contributed by atoms with van der Waals surface area (Å²) >= 11 is 5.96. The molecular weight excluding hydrogens is 295 g/mol. The molecule has 1 aliphatic rings. The van der Waals surface area contributed by atoms with Crippen LogP contribution in [0.25, 0.3) is 0 Å². The van der Waals surface area contributed by atoms with Gasteiger partial charge in [-0.1, -0.05) is 11.6 Å². The summed E-state index contributed by atoms with van der Waals surface area (Å²) in [5.74, 6) is 0.604. The lowest BCUT2D eigenvalue weighted by Gasteiger charge is -2.33. The lowest BCUT2D eigenvalue weighted by Crippen LogP contribution is -2.43. The summed E-state index contributed by atoms with van der Waals surface area (Å²) < 4.78 is 36.8. The highest BCUT2D eigenvalue weighted by Gasteiger charge is 2.32. The van der Waals surface area contributed by atoms with Gasteiger partial charge in [0.25, 0.3) is 0 Å². The maximum atomic E-state index is 12.3. The smallest absolute Gasteiger partial charge is 0.382 e. The molecule has 1 aromatic rings. The summed E-state index contributed by atoms with van der Waals surface area (Å²) in [5.41, 5.74) is 5.56. The number of nitrogens with one attached hydrogen (secondary N) is 1. The van der Waals surface area contributed by atoms with Crippen molar-refractivity contribution in [2.24, 2.45) is 0 Å². The van der Waals surface area contributed by atoms with Crippen molar-refractivity contribution in [3.63, 3.8) is 0 Å². The van der Waals surface area contributed by atoms with Gasteiger partial charge in [0.15, 0.2) is 5.82 Å². The van der Waals surface area contributed by atoms with Crippen LogP contribution in [0.2, 0.25) is 5.02 Å². The second kappa shape index (κ2) is 6.01. The molecule has 0 amide bonds. The fraction of sp³-hybridized carbons (Fsp3) is 0.636. The maximum absolute atomic E-state index is 12.3. The van der Waals surface area contributed by atoms with Crippen molar-refractivity contribution in [3.05, 3.63) is 11.3 Å². The van der Waals surface area contributed by atoms with Crippen LogP contribution in [0.15, 0.2) is 6.33 Å². The lowest BCUT2D eigenvalue weighted by molar-refractivity contribution is -0.147. The molecule has 0 aromatic carbocycles. The second-order valence-corrected chi connectivity index (χ2v) is 5.11. The van der Waals surface area contributed by atoms with E-state index in [1.165, 1.54) is 11.2 Å². The van der Waals surface area contributed by atoms with Gasteiger partial charge in [0.1, 0.15) is 17.2 Å². The van der Waals surface area contributed by atoms with Crippen LogP contribution in [0, 0.1) is 0 Å². The van der Waals surface area contributed by atoms with Crippen molar-refractivity contribution in [2.45, 2.75) is 25.1 Å². The molecule has 1 aliphatic heterocycles. The van der Waals surface area contributed by atoms with Gasteiger partial charge in [-0.2, -0.15) is 13.2 Å². The van der Waals surface area contributed by atoms with Crippen LogP contribution >= 0.6 is 11.6 Å². The number of anilines is 2. The topological polar surface area (TPSA) is 67.1 Å². The van der Waals surface area contributed by atoms with Crippen LogP contribution in [-0.4, -0.2) is 46.7 Å². The van der Waals surface area contributed by atoms with E-state index in [0.717, 1.165) is 0 Å². The molecule has 0 unspecified atom stereocenters. The van der Waals surface area contributed by atoms with Gasteiger partial charge in [-0.15, -0.1) is 0 Å². The summed E-state index contributed by atoms with van der Waals surface area (Å²) in [5, 5.41) is 3.34. The van der Waals surface area contributed by atoms with Crippen LogP contribution < -0.4 is 11.1 Å². The Morgan fingerprint density at radius 3 is 2.60 bits per heavy atom. The van der Waals surface area contributed by atoms with Crippen LogP contribution in [0.4, 0.5) is 24.8 Å². The maximum Gasteiger partial charge on any atom is 0.401 e. The van der Waals surface area contributed by atoms with E-state index >= 15 is 0 Å². The minimum atomic E-state index is -4.15. The van der Waals surface area contributed by atoms with Gasteiger partial charge in [-0.25, -0.2) is 9.97 Å². The molecule has 1 fully saturated rings. The Balaban J connectivity index is 1.87. The van der Waals surface area contributed by atoms with E-state index in [1.54, 1.807) is 0 Å². The average molecular weight is 310 g/mol. The average Bonchev–Trinajstić information content (AvgIpc) is 2.35. The first-order chi connectivity index (χ1) is 9.35. The second-order valence-electron chi connectivity index (χ2n) is 4.73. The number of nitrogens with zero attached hydrogens (tertiary/aromatic N) is 3. The first kappa shape index (κ1) is 15.1. The highest BCUT2D eigenvalue weighted by atomic mass is 35.5. The third-order valence-electron chi connectivity index (χ3n) is 3.15. The molecule has 2 heterocycles. The first-order valence-corrected chi connectivity index (χ1v) is 6.54. The van der Waals surface area contributed by atoms with Gasteiger partial charge < -0.3 is 11.1 Å². The van der Waals surface area contributed by atoms with Crippen LogP contribution in [0.5, 0.6) is 0 Å². The molecule has 0 aliphatic carbocycles. The Kier molecular flexibility index (Phi) is 4.54. The fourth-order valence-corrected chi connectivity index (χ4v) is 2.32. The van der Waals surface area contributed by atoms with Gasteiger partial charge in [0.05, 0.1) is 6.54 Å². The highest BCUT2D eigenvalue weighted by molar-refractivity contribution is 6.35. The summed E-state index contributed by atoms with van der Waals surface area (Å²) in [6.45, 7) is -0.0916. The molecule has 9 heteroatoms. The third kappa shape index (κ3) is 4.11. The Bertz CT molecular complexity index is 460. The number of hydrogen-bond donors (Lipinski definition) is 2. The van der Waals surface area contributed by atoms with E-state index in [9.17, 15) is 13.2 Å². The Morgan fingerprint density at radius 1 is 1.35 bits per heavy atom. The number of hydrogen-bond acceptors (Lipinski definition) is 5. The largest absolute Gasteiger partial charge is 0.401 e. The van der Waals surface area contributed by atoms with Crippen molar-refractivity contribution in [2.75, 3.05) is 30.7 Å². The molecule has 112 valence electrons. The van der Waals surface area contributed by atoms with E-state index < -0.39 is 12.7 Å². The number of alkyl halides is 3. The summed E-state index contributed by atoms with van der Waals surface area (Å²) in [6, 6.07) is 0.0336. The zero-order valence-electron chi connectivity index (χ0n) is 10.6. The molecule has 5 nitrogen and oxygen atoms in total. The zero-order chi connectivity index (χ0) is 14.8. The monoisotopic (exact) mass is 309 g/mol. The molecule has 2 rings (SSSR count). The molecule has 0 atom stereocenters. The van der Waals surface area contributed by atoms with Crippen molar-refractivity contribution in [1.82, 2.24) is 14.9 Å². The minimum absolute atomic E-state index is 0.0336. The molecule has 1 saturated heterocycles. The number of nitrogen functional groups attached to an aromatic ring is 1. The summed E-state index contributed by atoms with van der Waals surface area (Å²) in [6.07, 6.45) is -1.67. The molecule has 0 spiro atoms. The highest BCUT2D eigenvalue weighted by Crippen LogP contribution is 2.26. The van der Waals surface area contributed by atoms with E-state index in [4.69, 9.17) is 17.3 Å². The molecule has 20 heavy (non-hydrogen) atoms. The number of rotatable bonds is 3. The van der Waals surface area contributed by atoms with Gasteiger partial charge in [-0.05, 0) is 12.8 Å². The normalized spacial score (nSPS) is 18.2. The number of halogens is 4. The van der Waals surface area contributed by atoms with Crippen molar-refractivity contribution in [1.29, 1.82) is 0 Å². The predicted octanol–water partition coefficient (Wildman–Crippen LogP) is 2.15. The van der Waals surface area contributed by atoms with Crippen LogP contribution in [0.3, 0.4) is 0 Å². The van der Waals surface area contributed by atoms with Gasteiger partial charge >= 0.3 is 6.18 Å². The van der Waals surface area contributed by atoms with Gasteiger partial charge in [-0.3, -0.25) is 4.90 Å². The number of aromatic nitrogens is 2. The minimum Gasteiger partial charge on any atom is -0.382 e. The Morgan fingerprint density at radius 2 is 2.00 bits per heavy atom. The number of nitrogens with two attached hydrogens (primary N) is 1. The molecule has 3 N–H and O–H groups in total. The van der Waals surface area contributed by atoms with Crippen LogP contribution in [-0.2, 0) is 0 Å². The molecular formula is C11H15ClF3N5. The molecule has 0 saturated carbocycles. The van der Waals surface area contributed by atoms with Crippen LogP contribution in [0.1, 0.15) is 12.8 Å². The van der Waals surface area contributed by atoms with Gasteiger partial charge in [0, 0.05) is 19.1 Å². The number of piperidine rings is 1.